The van der Waals surface area contributed by atoms with Crippen LogP contribution in [0.15, 0.2) is 77.7 Å². The fourth-order valence-corrected chi connectivity index (χ4v) is 5.21. The van der Waals surface area contributed by atoms with Gasteiger partial charge in [-0.2, -0.15) is 0 Å². The Morgan fingerprint density at radius 3 is 2.53 bits per heavy atom. The fourth-order valence-electron chi connectivity index (χ4n) is 3.99. The number of nitrogens with one attached hydrogen (secondary N) is 2. The average molecular weight is 538 g/mol. The maximum Gasteiger partial charge on any atom is 0.265 e. The van der Waals surface area contributed by atoms with Gasteiger partial charge in [-0.3, -0.25) is 9.59 Å². The van der Waals surface area contributed by atoms with Crippen molar-refractivity contribution in [3.05, 3.63) is 83.9 Å². The van der Waals surface area contributed by atoms with Crippen LogP contribution in [-0.4, -0.2) is 46.0 Å². The summed E-state index contributed by atoms with van der Waals surface area (Å²) in [5.41, 5.74) is 2.08. The molecule has 10 heteroatoms. The Balaban J connectivity index is 1.43. The minimum absolute atomic E-state index is 0.0269. The first kappa shape index (κ1) is 27.2. The normalized spacial score (nSPS) is 14.8. The zero-order valence-electron chi connectivity index (χ0n) is 21.3. The molecule has 0 aromatic heterocycles. The predicted octanol–water partition coefficient (Wildman–Crippen LogP) is 3.17. The number of ether oxygens (including phenoxy) is 2. The molecule has 1 aliphatic rings. The fraction of sp³-hybridized carbons (Fsp3) is 0.286. The highest BCUT2D eigenvalue weighted by molar-refractivity contribution is 7.89. The summed E-state index contributed by atoms with van der Waals surface area (Å²) in [4.78, 5) is 27.8. The highest BCUT2D eigenvalue weighted by Crippen LogP contribution is 2.33. The summed E-state index contributed by atoms with van der Waals surface area (Å²) in [5, 5.41) is 2.87. The molecule has 2 N–H and O–H groups in total. The molecule has 0 aliphatic carbocycles. The molecule has 1 heterocycles. The van der Waals surface area contributed by atoms with Gasteiger partial charge in [0.2, 0.25) is 10.0 Å². The molecule has 2 amide bonds. The molecule has 0 bridgehead atoms. The van der Waals surface area contributed by atoms with Gasteiger partial charge in [-0.05, 0) is 54.8 Å². The van der Waals surface area contributed by atoms with Crippen molar-refractivity contribution in [2.75, 3.05) is 24.6 Å². The van der Waals surface area contributed by atoms with E-state index >= 15 is 0 Å². The van der Waals surface area contributed by atoms with Gasteiger partial charge in [-0.25, -0.2) is 13.1 Å². The lowest BCUT2D eigenvalue weighted by molar-refractivity contribution is -0.128. The highest BCUT2D eigenvalue weighted by Gasteiger charge is 2.34. The van der Waals surface area contributed by atoms with Gasteiger partial charge in [-0.15, -0.1) is 0 Å². The van der Waals surface area contributed by atoms with Crippen molar-refractivity contribution in [3.63, 3.8) is 0 Å². The van der Waals surface area contributed by atoms with Gasteiger partial charge in [0.05, 0.1) is 17.1 Å². The van der Waals surface area contributed by atoms with Crippen LogP contribution >= 0.6 is 0 Å². The van der Waals surface area contributed by atoms with Gasteiger partial charge < -0.3 is 19.7 Å². The van der Waals surface area contributed by atoms with Gasteiger partial charge in [0, 0.05) is 13.1 Å². The molecule has 0 saturated carbocycles. The van der Waals surface area contributed by atoms with Crippen molar-refractivity contribution >= 4 is 27.5 Å². The Hall–Kier alpha value is -3.89. The van der Waals surface area contributed by atoms with Crippen LogP contribution in [0.1, 0.15) is 24.5 Å². The Labute approximate surface area is 222 Å². The number of rotatable bonds is 10. The van der Waals surface area contributed by atoms with Crippen LogP contribution in [0.5, 0.6) is 11.5 Å². The summed E-state index contributed by atoms with van der Waals surface area (Å²) in [6.07, 6.45) is -0.207. The van der Waals surface area contributed by atoms with Gasteiger partial charge >= 0.3 is 0 Å². The quantitative estimate of drug-likeness (QED) is 0.411. The van der Waals surface area contributed by atoms with E-state index in [1.54, 1.807) is 31.2 Å². The van der Waals surface area contributed by atoms with Crippen molar-refractivity contribution < 1.29 is 27.5 Å². The lowest BCUT2D eigenvalue weighted by Crippen LogP contribution is -2.51. The molecule has 1 atom stereocenters. The molecule has 0 fully saturated rings. The number of hydrogen-bond acceptors (Lipinski definition) is 6. The Bertz CT molecular complexity index is 1390. The maximum absolute atomic E-state index is 13.2. The number of hydrogen-bond donors (Lipinski definition) is 2. The number of fused-ring (bicyclic) bond motifs is 1. The molecular weight excluding hydrogens is 506 g/mol. The molecule has 0 saturated heterocycles. The minimum Gasteiger partial charge on any atom is -0.483 e. The number of para-hydroxylation sites is 2. The molecule has 3 aromatic rings. The summed E-state index contributed by atoms with van der Waals surface area (Å²) < 4.78 is 39.0. The molecule has 4 rings (SSSR count). The number of sulfonamides is 1. The number of nitrogens with zero attached hydrogens (tertiary/aromatic N) is 1. The third-order valence-corrected chi connectivity index (χ3v) is 7.49. The molecule has 3 aromatic carbocycles. The second kappa shape index (κ2) is 12.1. The lowest BCUT2D eigenvalue weighted by Gasteiger charge is -2.34. The van der Waals surface area contributed by atoms with Crippen LogP contribution in [0.4, 0.5) is 5.69 Å². The Kier molecular flexibility index (Phi) is 8.65. The first-order chi connectivity index (χ1) is 18.3. The van der Waals surface area contributed by atoms with Gasteiger partial charge in [0.15, 0.2) is 12.7 Å². The number of amides is 2. The summed E-state index contributed by atoms with van der Waals surface area (Å²) in [7, 11) is -3.61. The molecule has 200 valence electrons. The molecule has 9 nitrogen and oxygen atoms in total. The van der Waals surface area contributed by atoms with E-state index in [0.717, 1.165) is 5.56 Å². The van der Waals surface area contributed by atoms with Crippen LogP contribution in [0.3, 0.4) is 0 Å². The molecule has 1 unspecified atom stereocenters. The van der Waals surface area contributed by atoms with Crippen molar-refractivity contribution in [3.8, 4) is 11.5 Å². The van der Waals surface area contributed by atoms with E-state index < -0.39 is 16.1 Å². The first-order valence-electron chi connectivity index (χ1n) is 12.4. The standard InChI is InChI=1S/C28H31N3O6S/c1-3-15-30-38(34,35)22-13-14-24(20(2)16-22)36-19-27(32)31-18-26(37-25-12-8-7-11-23(25)31)28(33)29-17-21-9-5-4-6-10-21/h4-14,16,26,30H,3,15,17-19H2,1-2H3,(H,29,33). The van der Waals surface area contributed by atoms with E-state index in [1.807, 2.05) is 37.3 Å². The van der Waals surface area contributed by atoms with E-state index in [9.17, 15) is 18.0 Å². The second-order valence-corrected chi connectivity index (χ2v) is 10.7. The van der Waals surface area contributed by atoms with Crippen LogP contribution in [0, 0.1) is 6.92 Å². The smallest absolute Gasteiger partial charge is 0.265 e. The number of carbonyl (C=O) groups is 2. The third-order valence-electron chi connectivity index (χ3n) is 6.03. The maximum atomic E-state index is 13.2. The van der Waals surface area contributed by atoms with Crippen LogP contribution in [0.25, 0.3) is 0 Å². The third kappa shape index (κ3) is 6.51. The van der Waals surface area contributed by atoms with Crippen molar-refractivity contribution in [2.45, 2.75) is 37.8 Å². The van der Waals surface area contributed by atoms with E-state index in [1.165, 1.54) is 23.1 Å². The van der Waals surface area contributed by atoms with Crippen molar-refractivity contribution in [1.82, 2.24) is 10.0 Å². The van der Waals surface area contributed by atoms with E-state index in [-0.39, 0.29) is 29.9 Å². The van der Waals surface area contributed by atoms with Crippen molar-refractivity contribution in [1.29, 1.82) is 0 Å². The SMILES string of the molecule is CCCNS(=O)(=O)c1ccc(OCC(=O)N2CC(C(=O)NCc3ccccc3)Oc3ccccc32)c(C)c1. The predicted molar refractivity (Wildman–Crippen MR) is 144 cm³/mol. The van der Waals surface area contributed by atoms with Gasteiger partial charge in [0.25, 0.3) is 11.8 Å². The molecule has 0 radical (unpaired) electrons. The summed E-state index contributed by atoms with van der Waals surface area (Å²) in [6.45, 7) is 4.02. The van der Waals surface area contributed by atoms with E-state index in [2.05, 4.69) is 10.0 Å². The average Bonchev–Trinajstić information content (AvgIpc) is 2.93. The zero-order chi connectivity index (χ0) is 27.1. The highest BCUT2D eigenvalue weighted by atomic mass is 32.2. The van der Waals surface area contributed by atoms with Gasteiger partial charge in [0.1, 0.15) is 11.5 Å². The van der Waals surface area contributed by atoms with Gasteiger partial charge in [-0.1, -0.05) is 49.4 Å². The van der Waals surface area contributed by atoms with Crippen molar-refractivity contribution in [2.24, 2.45) is 0 Å². The lowest BCUT2D eigenvalue weighted by atomic mass is 10.1. The zero-order valence-corrected chi connectivity index (χ0v) is 22.2. The number of aryl methyl sites for hydroxylation is 1. The van der Waals surface area contributed by atoms with Crippen LogP contribution in [0.2, 0.25) is 0 Å². The monoisotopic (exact) mass is 537 g/mol. The molecule has 1 aliphatic heterocycles. The summed E-state index contributed by atoms with van der Waals surface area (Å²) >= 11 is 0. The summed E-state index contributed by atoms with van der Waals surface area (Å²) in [6, 6.07) is 21.0. The molecular formula is C28H31N3O6S. The topological polar surface area (TPSA) is 114 Å². The Morgan fingerprint density at radius 2 is 1.79 bits per heavy atom. The number of anilines is 1. The number of carbonyl (C=O) groups excluding carboxylic acids is 2. The van der Waals surface area contributed by atoms with Crippen LogP contribution in [-0.2, 0) is 26.2 Å². The minimum atomic E-state index is -3.61. The Morgan fingerprint density at radius 1 is 1.05 bits per heavy atom. The molecule has 0 spiro atoms. The first-order valence-corrected chi connectivity index (χ1v) is 13.9. The van der Waals surface area contributed by atoms with E-state index in [4.69, 9.17) is 9.47 Å². The van der Waals surface area contributed by atoms with Crippen LogP contribution < -0.4 is 24.4 Å². The largest absolute Gasteiger partial charge is 0.483 e. The molecule has 38 heavy (non-hydrogen) atoms. The summed E-state index contributed by atoms with van der Waals surface area (Å²) in [5.74, 6) is 0.137. The number of benzene rings is 3. The van der Waals surface area contributed by atoms with E-state index in [0.29, 0.717) is 42.3 Å². The second-order valence-electron chi connectivity index (χ2n) is 8.90.